The molecule has 1 amide bonds. The zero-order chi connectivity index (χ0) is 19.2. The number of sulfonamides is 1. The fourth-order valence-electron chi connectivity index (χ4n) is 2.80. The van der Waals surface area contributed by atoms with Crippen molar-refractivity contribution in [3.8, 4) is 0 Å². The van der Waals surface area contributed by atoms with Crippen LogP contribution in [0.4, 0.5) is 0 Å². The first-order valence-corrected chi connectivity index (χ1v) is 10.3. The van der Waals surface area contributed by atoms with Crippen LogP contribution in [0, 0.1) is 5.92 Å². The van der Waals surface area contributed by atoms with E-state index in [1.165, 1.54) is 0 Å². The summed E-state index contributed by atoms with van der Waals surface area (Å²) in [7, 11) is -3.66. The minimum absolute atomic E-state index is 0.0416. The number of fused-ring (bicyclic) bond motifs is 1. The number of benzene rings is 2. The maximum Gasteiger partial charge on any atom is 0.240 e. The number of hydrogen-bond donors (Lipinski definition) is 3. The van der Waals surface area contributed by atoms with Crippen molar-refractivity contribution in [3.63, 3.8) is 0 Å². The van der Waals surface area contributed by atoms with Gasteiger partial charge in [0.25, 0.3) is 0 Å². The van der Waals surface area contributed by atoms with Crippen LogP contribution < -0.4 is 15.8 Å². The number of carbonyl (C=O) groups is 1. The Bertz CT molecular complexity index is 850. The summed E-state index contributed by atoms with van der Waals surface area (Å²) in [4.78, 5) is 12.2. The van der Waals surface area contributed by atoms with Crippen LogP contribution in [0.2, 0.25) is 0 Å². The molecule has 2 aromatic rings. The van der Waals surface area contributed by atoms with Crippen molar-refractivity contribution in [1.29, 1.82) is 0 Å². The number of nitrogens with one attached hydrogen (secondary N) is 2. The van der Waals surface area contributed by atoms with E-state index in [0.717, 1.165) is 17.2 Å². The molecular formula is C19H27N3O3S. The monoisotopic (exact) mass is 377 g/mol. The zero-order valence-electron chi connectivity index (χ0n) is 15.2. The lowest BCUT2D eigenvalue weighted by Crippen LogP contribution is -2.42. The van der Waals surface area contributed by atoms with Crippen molar-refractivity contribution < 1.29 is 13.2 Å². The third-order valence-corrected chi connectivity index (χ3v) is 5.54. The number of hydrogen-bond acceptors (Lipinski definition) is 4. The molecule has 142 valence electrons. The standard InChI is InChI=1S/C19H27N3O3S/c1-14(2)11-17(13-20)22-19(23)9-10-21-26(24,25)18-8-7-15-5-3-4-6-16(15)12-18/h3-8,12,14,17,21H,9-11,13,20H2,1-2H3,(H,22,23). The van der Waals surface area contributed by atoms with E-state index >= 15 is 0 Å². The summed E-state index contributed by atoms with van der Waals surface area (Å²) < 4.78 is 27.3. The van der Waals surface area contributed by atoms with Crippen molar-refractivity contribution in [2.45, 2.75) is 37.6 Å². The van der Waals surface area contributed by atoms with Crippen molar-refractivity contribution in [2.24, 2.45) is 11.7 Å². The Morgan fingerprint density at radius 2 is 1.81 bits per heavy atom. The van der Waals surface area contributed by atoms with E-state index in [0.29, 0.717) is 12.5 Å². The van der Waals surface area contributed by atoms with Gasteiger partial charge in [-0.15, -0.1) is 0 Å². The quantitative estimate of drug-likeness (QED) is 0.622. The average Bonchev–Trinajstić information content (AvgIpc) is 2.60. The van der Waals surface area contributed by atoms with Gasteiger partial charge in [-0.25, -0.2) is 13.1 Å². The Kier molecular flexibility index (Phi) is 7.14. The zero-order valence-corrected chi connectivity index (χ0v) is 16.1. The van der Waals surface area contributed by atoms with E-state index in [9.17, 15) is 13.2 Å². The van der Waals surface area contributed by atoms with Gasteiger partial charge in [0.05, 0.1) is 4.90 Å². The van der Waals surface area contributed by atoms with Crippen molar-refractivity contribution >= 4 is 26.7 Å². The number of amides is 1. The van der Waals surface area contributed by atoms with Gasteiger partial charge >= 0.3 is 0 Å². The maximum absolute atomic E-state index is 12.4. The van der Waals surface area contributed by atoms with Crippen LogP contribution in [-0.4, -0.2) is 33.5 Å². The van der Waals surface area contributed by atoms with Gasteiger partial charge in [0.15, 0.2) is 0 Å². The lowest BCUT2D eigenvalue weighted by molar-refractivity contribution is -0.121. The molecule has 7 heteroatoms. The Labute approximate surface area is 155 Å². The highest BCUT2D eigenvalue weighted by molar-refractivity contribution is 7.89. The molecule has 0 aliphatic rings. The molecular weight excluding hydrogens is 350 g/mol. The highest BCUT2D eigenvalue weighted by Gasteiger charge is 2.16. The summed E-state index contributed by atoms with van der Waals surface area (Å²) in [6, 6.07) is 12.4. The van der Waals surface area contributed by atoms with Crippen molar-refractivity contribution in [1.82, 2.24) is 10.0 Å². The fraction of sp³-hybridized carbons (Fsp3) is 0.421. The lowest BCUT2D eigenvalue weighted by Gasteiger charge is -2.18. The van der Waals surface area contributed by atoms with Crippen molar-refractivity contribution in [3.05, 3.63) is 42.5 Å². The average molecular weight is 378 g/mol. The predicted octanol–water partition coefficient (Wildman–Crippen LogP) is 2.00. The Morgan fingerprint density at radius 3 is 2.46 bits per heavy atom. The Hall–Kier alpha value is -1.96. The molecule has 0 aliphatic carbocycles. The molecule has 0 bridgehead atoms. The van der Waals surface area contributed by atoms with Crippen LogP contribution in [0.3, 0.4) is 0 Å². The molecule has 0 heterocycles. The second-order valence-electron chi connectivity index (χ2n) is 6.79. The summed E-state index contributed by atoms with van der Waals surface area (Å²) in [5.74, 6) is 0.220. The van der Waals surface area contributed by atoms with Gasteiger partial charge in [-0.1, -0.05) is 44.2 Å². The van der Waals surface area contributed by atoms with Crippen LogP contribution >= 0.6 is 0 Å². The Balaban J connectivity index is 1.91. The first kappa shape index (κ1) is 20.4. The van der Waals surface area contributed by atoms with Crippen molar-refractivity contribution in [2.75, 3.05) is 13.1 Å². The van der Waals surface area contributed by atoms with Crippen LogP contribution in [0.1, 0.15) is 26.7 Å². The minimum Gasteiger partial charge on any atom is -0.352 e. The highest BCUT2D eigenvalue weighted by atomic mass is 32.2. The minimum atomic E-state index is -3.66. The number of rotatable bonds is 9. The Morgan fingerprint density at radius 1 is 1.12 bits per heavy atom. The van der Waals surface area contributed by atoms with Crippen LogP contribution in [0.5, 0.6) is 0 Å². The molecule has 1 atom stereocenters. The van der Waals surface area contributed by atoms with Gasteiger partial charge in [-0.2, -0.15) is 0 Å². The van der Waals surface area contributed by atoms with E-state index in [1.807, 2.05) is 24.3 Å². The normalized spacial score (nSPS) is 13.1. The molecule has 0 saturated heterocycles. The topological polar surface area (TPSA) is 101 Å². The van der Waals surface area contributed by atoms with Gasteiger partial charge in [-0.3, -0.25) is 4.79 Å². The van der Waals surface area contributed by atoms with Gasteiger partial charge in [0.2, 0.25) is 15.9 Å². The van der Waals surface area contributed by atoms with Gasteiger partial charge in [0.1, 0.15) is 0 Å². The SMILES string of the molecule is CC(C)CC(CN)NC(=O)CCNS(=O)(=O)c1ccc2ccccc2c1. The first-order chi connectivity index (χ1) is 12.3. The summed E-state index contributed by atoms with van der Waals surface area (Å²) in [5.41, 5.74) is 5.66. The first-order valence-electron chi connectivity index (χ1n) is 8.79. The number of carbonyl (C=O) groups excluding carboxylic acids is 1. The molecule has 2 aromatic carbocycles. The smallest absolute Gasteiger partial charge is 0.240 e. The van der Waals surface area contributed by atoms with Gasteiger partial charge in [0, 0.05) is 25.6 Å². The molecule has 0 saturated carbocycles. The van der Waals surface area contributed by atoms with Crippen LogP contribution in [0.15, 0.2) is 47.4 Å². The highest BCUT2D eigenvalue weighted by Crippen LogP contribution is 2.18. The van der Waals surface area contributed by atoms with Gasteiger partial charge in [-0.05, 0) is 35.2 Å². The lowest BCUT2D eigenvalue weighted by atomic mass is 10.0. The molecule has 4 N–H and O–H groups in total. The van der Waals surface area contributed by atoms with E-state index in [4.69, 9.17) is 5.73 Å². The molecule has 0 spiro atoms. The second kappa shape index (κ2) is 9.12. The number of nitrogens with two attached hydrogens (primary N) is 1. The van der Waals surface area contributed by atoms with E-state index < -0.39 is 10.0 Å². The molecule has 1 unspecified atom stereocenters. The largest absolute Gasteiger partial charge is 0.352 e. The van der Waals surface area contributed by atoms with E-state index in [2.05, 4.69) is 23.9 Å². The summed E-state index contributed by atoms with van der Waals surface area (Å²) in [6.45, 7) is 4.53. The molecule has 0 fully saturated rings. The molecule has 6 nitrogen and oxygen atoms in total. The van der Waals surface area contributed by atoms with Gasteiger partial charge < -0.3 is 11.1 Å². The second-order valence-corrected chi connectivity index (χ2v) is 8.55. The molecule has 0 radical (unpaired) electrons. The molecule has 0 aliphatic heterocycles. The third kappa shape index (κ3) is 5.79. The van der Waals surface area contributed by atoms with Crippen LogP contribution in [0.25, 0.3) is 10.8 Å². The summed E-state index contributed by atoms with van der Waals surface area (Å²) >= 11 is 0. The van der Waals surface area contributed by atoms with E-state index in [1.54, 1.807) is 18.2 Å². The third-order valence-electron chi connectivity index (χ3n) is 4.08. The predicted molar refractivity (Wildman–Crippen MR) is 104 cm³/mol. The summed E-state index contributed by atoms with van der Waals surface area (Å²) in [6.07, 6.45) is 0.868. The fourth-order valence-corrected chi connectivity index (χ4v) is 3.87. The molecule has 2 rings (SSSR count). The van der Waals surface area contributed by atoms with E-state index in [-0.39, 0.29) is 29.8 Å². The molecule has 26 heavy (non-hydrogen) atoms. The van der Waals surface area contributed by atoms with Crippen LogP contribution in [-0.2, 0) is 14.8 Å². The molecule has 0 aromatic heterocycles. The maximum atomic E-state index is 12.4. The summed E-state index contributed by atoms with van der Waals surface area (Å²) in [5, 5.41) is 4.68.